The molecule has 0 radical (unpaired) electrons. The van der Waals surface area contributed by atoms with Gasteiger partial charge in [-0.05, 0) is 48.6 Å². The third kappa shape index (κ3) is 2.91. The number of carbonyl (C=O) groups is 1. The van der Waals surface area contributed by atoms with Gasteiger partial charge in [-0.25, -0.2) is 4.79 Å². The van der Waals surface area contributed by atoms with Gasteiger partial charge in [0.1, 0.15) is 0 Å². The van der Waals surface area contributed by atoms with Crippen molar-refractivity contribution in [2.24, 2.45) is 5.41 Å². The summed E-state index contributed by atoms with van der Waals surface area (Å²) >= 11 is 0. The number of likely N-dealkylation sites (tertiary alicyclic amines) is 1. The zero-order valence-corrected chi connectivity index (χ0v) is 11.4. The Labute approximate surface area is 108 Å². The van der Waals surface area contributed by atoms with Gasteiger partial charge in [0.05, 0.1) is 5.56 Å². The average molecular weight is 247 g/mol. The topological polar surface area (TPSA) is 40.5 Å². The fourth-order valence-corrected chi connectivity index (χ4v) is 2.61. The van der Waals surface area contributed by atoms with Crippen LogP contribution in [0, 0.1) is 12.3 Å². The van der Waals surface area contributed by atoms with Gasteiger partial charge in [-0.2, -0.15) is 0 Å². The van der Waals surface area contributed by atoms with Crippen molar-refractivity contribution in [2.45, 2.75) is 33.7 Å². The molecule has 1 aromatic rings. The van der Waals surface area contributed by atoms with Crippen LogP contribution < -0.4 is 0 Å². The maximum absolute atomic E-state index is 10.9. The second-order valence-electron chi connectivity index (χ2n) is 6.07. The van der Waals surface area contributed by atoms with E-state index in [2.05, 4.69) is 18.7 Å². The van der Waals surface area contributed by atoms with Crippen LogP contribution in [0.2, 0.25) is 0 Å². The zero-order chi connectivity index (χ0) is 13.3. The molecule has 1 aliphatic heterocycles. The van der Waals surface area contributed by atoms with E-state index in [0.29, 0.717) is 11.0 Å². The Morgan fingerprint density at radius 1 is 1.44 bits per heavy atom. The number of aromatic carboxylic acids is 1. The number of carboxylic acids is 1. The largest absolute Gasteiger partial charge is 0.478 e. The van der Waals surface area contributed by atoms with Crippen LogP contribution in [-0.2, 0) is 6.54 Å². The van der Waals surface area contributed by atoms with Gasteiger partial charge in [0, 0.05) is 13.1 Å². The first kappa shape index (κ1) is 13.1. The van der Waals surface area contributed by atoms with Crippen LogP contribution in [0.5, 0.6) is 0 Å². The van der Waals surface area contributed by atoms with Crippen molar-refractivity contribution in [1.29, 1.82) is 0 Å². The Kier molecular flexibility index (Phi) is 3.44. The molecule has 1 aromatic carbocycles. The molecule has 1 heterocycles. The lowest BCUT2D eigenvalue weighted by atomic mass is 9.93. The molecule has 0 saturated carbocycles. The maximum atomic E-state index is 10.9. The molecule has 0 aliphatic carbocycles. The van der Waals surface area contributed by atoms with Gasteiger partial charge in [-0.15, -0.1) is 0 Å². The molecule has 1 saturated heterocycles. The fourth-order valence-electron chi connectivity index (χ4n) is 2.61. The molecule has 0 amide bonds. The van der Waals surface area contributed by atoms with Crippen molar-refractivity contribution in [3.63, 3.8) is 0 Å². The van der Waals surface area contributed by atoms with Crippen molar-refractivity contribution in [1.82, 2.24) is 4.90 Å². The molecule has 1 N–H and O–H groups in total. The highest BCUT2D eigenvalue weighted by Crippen LogP contribution is 2.30. The fraction of sp³-hybridized carbons (Fsp3) is 0.533. The number of hydrogen-bond donors (Lipinski definition) is 1. The van der Waals surface area contributed by atoms with Gasteiger partial charge in [0.15, 0.2) is 0 Å². The van der Waals surface area contributed by atoms with E-state index in [1.807, 2.05) is 13.0 Å². The van der Waals surface area contributed by atoms with Gasteiger partial charge in [-0.1, -0.05) is 19.9 Å². The number of aryl methyl sites for hydroxylation is 1. The molecule has 3 nitrogen and oxygen atoms in total. The summed E-state index contributed by atoms with van der Waals surface area (Å²) in [5.74, 6) is -0.855. The summed E-state index contributed by atoms with van der Waals surface area (Å²) in [7, 11) is 0. The van der Waals surface area contributed by atoms with Crippen LogP contribution in [0.3, 0.4) is 0 Å². The maximum Gasteiger partial charge on any atom is 0.335 e. The number of hydrogen-bond acceptors (Lipinski definition) is 2. The molecule has 3 heteroatoms. The second kappa shape index (κ2) is 4.73. The molecule has 1 fully saturated rings. The van der Waals surface area contributed by atoms with E-state index >= 15 is 0 Å². The van der Waals surface area contributed by atoms with Crippen LogP contribution in [-0.4, -0.2) is 29.1 Å². The van der Waals surface area contributed by atoms with Crippen LogP contribution in [0.15, 0.2) is 18.2 Å². The first-order valence-electron chi connectivity index (χ1n) is 6.43. The minimum atomic E-state index is -0.855. The summed E-state index contributed by atoms with van der Waals surface area (Å²) in [6, 6.07) is 5.41. The quantitative estimate of drug-likeness (QED) is 0.892. The van der Waals surface area contributed by atoms with Crippen molar-refractivity contribution in [3.8, 4) is 0 Å². The average Bonchev–Trinajstić information content (AvgIpc) is 2.61. The highest BCUT2D eigenvalue weighted by molar-refractivity contribution is 5.87. The highest BCUT2D eigenvalue weighted by Gasteiger charge is 2.29. The number of rotatable bonds is 3. The smallest absolute Gasteiger partial charge is 0.335 e. The summed E-state index contributed by atoms with van der Waals surface area (Å²) in [6.45, 7) is 9.76. The predicted octanol–water partition coefficient (Wildman–Crippen LogP) is 2.93. The van der Waals surface area contributed by atoms with Gasteiger partial charge in [0.25, 0.3) is 0 Å². The molecule has 0 atom stereocenters. The van der Waals surface area contributed by atoms with E-state index in [-0.39, 0.29) is 0 Å². The van der Waals surface area contributed by atoms with E-state index in [1.165, 1.54) is 12.0 Å². The summed E-state index contributed by atoms with van der Waals surface area (Å²) in [5, 5.41) is 8.94. The van der Waals surface area contributed by atoms with E-state index in [4.69, 9.17) is 5.11 Å². The zero-order valence-electron chi connectivity index (χ0n) is 11.4. The minimum absolute atomic E-state index is 0.373. The molecule has 0 aromatic heterocycles. The van der Waals surface area contributed by atoms with Crippen LogP contribution >= 0.6 is 0 Å². The minimum Gasteiger partial charge on any atom is -0.478 e. The van der Waals surface area contributed by atoms with Crippen LogP contribution in [0.1, 0.15) is 41.8 Å². The predicted molar refractivity (Wildman–Crippen MR) is 71.8 cm³/mol. The van der Waals surface area contributed by atoms with Crippen LogP contribution in [0.4, 0.5) is 0 Å². The first-order valence-corrected chi connectivity index (χ1v) is 6.43. The van der Waals surface area contributed by atoms with Crippen molar-refractivity contribution >= 4 is 5.97 Å². The molecule has 0 unspecified atom stereocenters. The van der Waals surface area contributed by atoms with Crippen molar-refractivity contribution in [2.75, 3.05) is 13.1 Å². The molecule has 98 valence electrons. The Morgan fingerprint density at radius 2 is 2.17 bits per heavy atom. The molecule has 1 aliphatic rings. The standard InChI is InChI=1S/C15H21NO2/c1-11-8-12(14(17)18)4-5-13(11)9-16-7-6-15(2,3)10-16/h4-5,8H,6-7,9-10H2,1-3H3,(H,17,18). The van der Waals surface area contributed by atoms with E-state index in [1.54, 1.807) is 12.1 Å². The van der Waals surface area contributed by atoms with Gasteiger partial charge in [0.2, 0.25) is 0 Å². The molecular formula is C15H21NO2. The molecule has 0 bridgehead atoms. The molecule has 18 heavy (non-hydrogen) atoms. The lowest BCUT2D eigenvalue weighted by Crippen LogP contribution is -2.23. The second-order valence-corrected chi connectivity index (χ2v) is 6.07. The van der Waals surface area contributed by atoms with Gasteiger partial charge in [-0.3, -0.25) is 4.90 Å². The highest BCUT2D eigenvalue weighted by atomic mass is 16.4. The van der Waals surface area contributed by atoms with E-state index in [0.717, 1.165) is 25.2 Å². The Hall–Kier alpha value is -1.35. The summed E-state index contributed by atoms with van der Waals surface area (Å²) in [6.07, 6.45) is 1.24. The Balaban J connectivity index is 2.09. The Morgan fingerprint density at radius 3 is 2.67 bits per heavy atom. The van der Waals surface area contributed by atoms with Gasteiger partial charge >= 0.3 is 5.97 Å². The van der Waals surface area contributed by atoms with Gasteiger partial charge < -0.3 is 5.11 Å². The normalized spacial score (nSPS) is 19.1. The summed E-state index contributed by atoms with van der Waals surface area (Å²) < 4.78 is 0. The lowest BCUT2D eigenvalue weighted by Gasteiger charge is -2.20. The summed E-state index contributed by atoms with van der Waals surface area (Å²) in [5.41, 5.74) is 3.09. The van der Waals surface area contributed by atoms with Crippen molar-refractivity contribution in [3.05, 3.63) is 34.9 Å². The third-order valence-corrected chi connectivity index (χ3v) is 3.74. The number of nitrogens with zero attached hydrogens (tertiary/aromatic N) is 1. The number of carboxylic acid groups (broad SMARTS) is 1. The first-order chi connectivity index (χ1) is 8.37. The SMILES string of the molecule is Cc1cc(C(=O)O)ccc1CN1CCC(C)(C)C1. The molecular weight excluding hydrogens is 226 g/mol. The summed E-state index contributed by atoms with van der Waals surface area (Å²) in [4.78, 5) is 13.3. The Bertz CT molecular complexity index is 466. The lowest BCUT2D eigenvalue weighted by molar-refractivity contribution is 0.0696. The van der Waals surface area contributed by atoms with E-state index in [9.17, 15) is 4.79 Å². The van der Waals surface area contributed by atoms with Crippen molar-refractivity contribution < 1.29 is 9.90 Å². The van der Waals surface area contributed by atoms with Crippen LogP contribution in [0.25, 0.3) is 0 Å². The monoisotopic (exact) mass is 247 g/mol. The molecule has 2 rings (SSSR count). The number of benzene rings is 1. The molecule has 0 spiro atoms. The third-order valence-electron chi connectivity index (χ3n) is 3.74. The van der Waals surface area contributed by atoms with E-state index < -0.39 is 5.97 Å².